The molecule has 0 saturated heterocycles. The molecule has 1 aromatic carbocycles. The molecule has 1 heterocycles. The lowest BCUT2D eigenvalue weighted by Crippen LogP contribution is -2.51. The van der Waals surface area contributed by atoms with Crippen molar-refractivity contribution in [3.05, 3.63) is 24.8 Å². The Kier molecular flexibility index (Phi) is 5.06. The van der Waals surface area contributed by atoms with Gasteiger partial charge in [0, 0.05) is 25.4 Å². The van der Waals surface area contributed by atoms with Gasteiger partial charge in [-0.25, -0.2) is 18.0 Å². The Bertz CT molecular complexity index is 1030. The third-order valence-corrected chi connectivity index (χ3v) is 9.01. The van der Waals surface area contributed by atoms with Crippen molar-refractivity contribution in [2.45, 2.75) is 36.4 Å². The SMILES string of the molecule is O=C1OC2(CC3CC2CC3OC(=O)C(F)(F)S(=O)(=O)[O-])Oc2cc(I)c(I)cc21. The van der Waals surface area contributed by atoms with Gasteiger partial charge in [-0.2, -0.15) is 8.78 Å². The third kappa shape index (κ3) is 3.40. The second-order valence-electron chi connectivity index (χ2n) is 7.11. The maximum atomic E-state index is 13.4. The molecule has 2 fully saturated rings. The number of carbonyl (C=O) groups excluding carboxylic acids is 2. The predicted octanol–water partition coefficient (Wildman–Crippen LogP) is 2.62. The van der Waals surface area contributed by atoms with Gasteiger partial charge in [-0.1, -0.05) is 0 Å². The van der Waals surface area contributed by atoms with E-state index in [2.05, 4.69) is 49.9 Å². The largest absolute Gasteiger partial charge is 0.743 e. The van der Waals surface area contributed by atoms with Gasteiger partial charge in [-0.05, 0) is 70.2 Å². The van der Waals surface area contributed by atoms with Crippen LogP contribution >= 0.6 is 45.2 Å². The highest BCUT2D eigenvalue weighted by Crippen LogP contribution is 2.56. The van der Waals surface area contributed by atoms with Crippen molar-refractivity contribution in [1.82, 2.24) is 0 Å². The zero-order chi connectivity index (χ0) is 21.4. The summed E-state index contributed by atoms with van der Waals surface area (Å²) < 4.78 is 76.5. The van der Waals surface area contributed by atoms with E-state index < -0.39 is 51.0 Å². The van der Waals surface area contributed by atoms with E-state index in [1.54, 1.807) is 12.1 Å². The van der Waals surface area contributed by atoms with Gasteiger partial charge in [-0.3, -0.25) is 0 Å². The topological polar surface area (TPSA) is 119 Å². The van der Waals surface area contributed by atoms with E-state index in [4.69, 9.17) is 9.47 Å². The minimum atomic E-state index is -6.18. The molecule has 1 aliphatic heterocycles. The molecular weight excluding hydrogens is 644 g/mol. The van der Waals surface area contributed by atoms with Crippen LogP contribution in [-0.2, 0) is 24.4 Å². The molecule has 0 amide bonds. The molecule has 3 aliphatic rings. The van der Waals surface area contributed by atoms with Crippen molar-refractivity contribution in [2.75, 3.05) is 0 Å². The summed E-state index contributed by atoms with van der Waals surface area (Å²) in [5.41, 5.74) is 0.284. The summed E-state index contributed by atoms with van der Waals surface area (Å²) >= 11 is 4.18. The van der Waals surface area contributed by atoms with Crippen LogP contribution in [0.25, 0.3) is 0 Å². The normalized spacial score (nSPS) is 30.7. The molecule has 13 heteroatoms. The van der Waals surface area contributed by atoms with Crippen molar-refractivity contribution in [3.8, 4) is 5.75 Å². The summed E-state index contributed by atoms with van der Waals surface area (Å²) in [6.45, 7) is 0. The molecule has 29 heavy (non-hydrogen) atoms. The molecule has 1 aromatic rings. The van der Waals surface area contributed by atoms with Crippen LogP contribution in [0.4, 0.5) is 8.78 Å². The van der Waals surface area contributed by atoms with Crippen LogP contribution in [0, 0.1) is 19.0 Å². The van der Waals surface area contributed by atoms with E-state index in [0.717, 1.165) is 7.14 Å². The number of fused-ring (bicyclic) bond motifs is 4. The minimum Gasteiger partial charge on any atom is -0.743 e. The lowest BCUT2D eigenvalue weighted by molar-refractivity contribution is -0.202. The summed E-state index contributed by atoms with van der Waals surface area (Å²) in [6, 6.07) is 3.36. The average Bonchev–Trinajstić information content (AvgIpc) is 3.13. The number of carbonyl (C=O) groups is 2. The first kappa shape index (κ1) is 21.4. The Labute approximate surface area is 190 Å². The van der Waals surface area contributed by atoms with Crippen molar-refractivity contribution >= 4 is 67.2 Å². The van der Waals surface area contributed by atoms with E-state index in [9.17, 15) is 31.3 Å². The highest BCUT2D eigenvalue weighted by Gasteiger charge is 2.63. The molecule has 0 N–H and O–H groups in total. The fourth-order valence-electron chi connectivity index (χ4n) is 4.09. The monoisotopic (exact) mass is 655 g/mol. The van der Waals surface area contributed by atoms with Gasteiger partial charge in [0.05, 0.1) is 0 Å². The maximum absolute atomic E-state index is 13.4. The molecule has 158 valence electrons. The molecule has 2 bridgehead atoms. The second-order valence-corrected chi connectivity index (χ2v) is 10.9. The highest BCUT2D eigenvalue weighted by atomic mass is 127. The standard InChI is InChI=1S/C16H12F2I2O8S/c17-16(18,29(23,24)25)14(22)26-11-2-7-1-6(11)5-15(7)27-12-4-10(20)9(19)3-8(12)13(21)28-15/h3-4,6-7,11H,1-2,5H2,(H,23,24,25)/p-1. The first-order valence-electron chi connectivity index (χ1n) is 8.30. The lowest BCUT2D eigenvalue weighted by atomic mass is 9.90. The predicted molar refractivity (Wildman–Crippen MR) is 106 cm³/mol. The van der Waals surface area contributed by atoms with Crippen molar-refractivity contribution < 1.29 is 45.6 Å². The zero-order valence-electron chi connectivity index (χ0n) is 14.2. The number of alkyl halides is 2. The van der Waals surface area contributed by atoms with Gasteiger partial charge in [0.2, 0.25) is 0 Å². The number of hydrogen-bond donors (Lipinski definition) is 0. The lowest BCUT2D eigenvalue weighted by Gasteiger charge is -2.42. The van der Waals surface area contributed by atoms with Crippen LogP contribution in [0.3, 0.4) is 0 Å². The van der Waals surface area contributed by atoms with Crippen molar-refractivity contribution in [2.24, 2.45) is 11.8 Å². The van der Waals surface area contributed by atoms with E-state index in [1.165, 1.54) is 0 Å². The van der Waals surface area contributed by atoms with Crippen molar-refractivity contribution in [3.63, 3.8) is 0 Å². The van der Waals surface area contributed by atoms with E-state index >= 15 is 0 Å². The number of ether oxygens (including phenoxy) is 3. The van der Waals surface area contributed by atoms with Crippen molar-refractivity contribution in [1.29, 1.82) is 0 Å². The fraction of sp³-hybridized carbons (Fsp3) is 0.500. The summed E-state index contributed by atoms with van der Waals surface area (Å²) in [6.07, 6.45) is -0.516. The molecule has 2 saturated carbocycles. The van der Waals surface area contributed by atoms with Gasteiger partial charge in [0.1, 0.15) is 17.4 Å². The summed E-state index contributed by atoms with van der Waals surface area (Å²) in [7, 11) is -6.18. The summed E-state index contributed by atoms with van der Waals surface area (Å²) in [5.74, 6) is -4.80. The average molecular weight is 655 g/mol. The molecule has 8 nitrogen and oxygen atoms in total. The molecular formula is C16H11F2I2O8S-. The molecule has 2 aliphatic carbocycles. The van der Waals surface area contributed by atoms with Crippen LogP contribution in [0.2, 0.25) is 0 Å². The molecule has 4 atom stereocenters. The zero-order valence-corrected chi connectivity index (χ0v) is 19.3. The number of benzene rings is 1. The molecule has 0 aromatic heterocycles. The second kappa shape index (κ2) is 6.85. The minimum absolute atomic E-state index is 0.0372. The number of esters is 2. The molecule has 1 spiro atoms. The van der Waals surface area contributed by atoms with Gasteiger partial charge >= 0.3 is 17.2 Å². The number of rotatable bonds is 3. The molecule has 4 rings (SSSR count). The van der Waals surface area contributed by atoms with Crippen LogP contribution in [0.15, 0.2) is 12.1 Å². The van der Waals surface area contributed by atoms with E-state index in [1.807, 2.05) is 0 Å². The quantitative estimate of drug-likeness (QED) is 0.277. The smallest absolute Gasteiger partial charge is 0.428 e. The Hall–Kier alpha value is -0.810. The molecule has 0 radical (unpaired) electrons. The Morgan fingerprint density at radius 1 is 1.24 bits per heavy atom. The fourth-order valence-corrected chi connectivity index (χ4v) is 5.24. The molecule has 4 unspecified atom stereocenters. The van der Waals surface area contributed by atoms with Gasteiger partial charge in [0.25, 0.3) is 5.79 Å². The van der Waals surface area contributed by atoms with E-state index in [0.29, 0.717) is 12.2 Å². The van der Waals surface area contributed by atoms with Crippen LogP contribution in [0.1, 0.15) is 29.6 Å². The first-order valence-corrected chi connectivity index (χ1v) is 11.9. The summed E-state index contributed by atoms with van der Waals surface area (Å²) in [4.78, 5) is 24.0. The first-order chi connectivity index (χ1) is 13.3. The van der Waals surface area contributed by atoms with Gasteiger partial charge in [-0.15, -0.1) is 0 Å². The maximum Gasteiger partial charge on any atom is 0.428 e. The number of hydrogen-bond acceptors (Lipinski definition) is 8. The number of halogens is 4. The van der Waals surface area contributed by atoms with Crippen LogP contribution in [-0.4, -0.2) is 42.1 Å². The Balaban J connectivity index is 1.52. The summed E-state index contributed by atoms with van der Waals surface area (Å²) in [5, 5.41) is -5.16. The van der Waals surface area contributed by atoms with Gasteiger partial charge in [0.15, 0.2) is 10.1 Å². The highest BCUT2D eigenvalue weighted by molar-refractivity contribution is 14.1. The van der Waals surface area contributed by atoms with Crippen LogP contribution in [0.5, 0.6) is 5.75 Å². The Morgan fingerprint density at radius 2 is 1.90 bits per heavy atom. The van der Waals surface area contributed by atoms with Gasteiger partial charge < -0.3 is 18.8 Å². The van der Waals surface area contributed by atoms with E-state index in [-0.39, 0.29) is 18.4 Å². The Morgan fingerprint density at radius 3 is 2.48 bits per heavy atom. The van der Waals surface area contributed by atoms with Crippen LogP contribution < -0.4 is 4.74 Å². The third-order valence-electron chi connectivity index (χ3n) is 5.40.